The third-order valence-corrected chi connectivity index (χ3v) is 4.54. The highest BCUT2D eigenvalue weighted by Crippen LogP contribution is 2.25. The van der Waals surface area contributed by atoms with Crippen LogP contribution in [0.3, 0.4) is 0 Å². The molecular weight excluding hydrogens is 591 g/mol. The van der Waals surface area contributed by atoms with E-state index in [1.54, 1.807) is 14.2 Å². The monoisotopic (exact) mass is 614 g/mol. The molecule has 0 fully saturated rings. The van der Waals surface area contributed by atoms with E-state index in [0.29, 0.717) is 22.1 Å². The third kappa shape index (κ3) is 14.0. The zero-order valence-electron chi connectivity index (χ0n) is 18.0. The second kappa shape index (κ2) is 18.5. The largest absolute Gasteiger partial charge is 0.385 e. The fourth-order valence-electron chi connectivity index (χ4n) is 1.89. The predicted molar refractivity (Wildman–Crippen MR) is 133 cm³/mol. The summed E-state index contributed by atoms with van der Waals surface area (Å²) in [5.74, 6) is 0.282. The lowest BCUT2D eigenvalue weighted by Gasteiger charge is -2.05. The molecule has 0 saturated heterocycles. The maximum Gasteiger partial charge on any atom is 0.312 e. The molecule has 2 rings (SSSR count). The summed E-state index contributed by atoms with van der Waals surface area (Å²) in [6.07, 6.45) is 4.66. The Kier molecular flexibility index (Phi) is 17.4. The van der Waals surface area contributed by atoms with Gasteiger partial charge in [0.1, 0.15) is 0 Å². The van der Waals surface area contributed by atoms with E-state index in [4.69, 9.17) is 26.8 Å². The molecule has 0 atom stereocenters. The van der Waals surface area contributed by atoms with Crippen LogP contribution in [0.5, 0.6) is 0 Å². The molecule has 33 heavy (non-hydrogen) atoms. The highest BCUT2D eigenvalue weighted by Gasteiger charge is 2.15. The zero-order chi connectivity index (χ0) is 25.2. The van der Waals surface area contributed by atoms with Crippen molar-refractivity contribution in [2.75, 3.05) is 45.8 Å². The first-order chi connectivity index (χ1) is 15.7. The van der Waals surface area contributed by atoms with E-state index in [-0.39, 0.29) is 22.3 Å². The van der Waals surface area contributed by atoms with Crippen LogP contribution in [0.4, 0.5) is 17.2 Å². The Morgan fingerprint density at radius 3 is 1.97 bits per heavy atom. The molecule has 0 aliphatic carbocycles. The number of rotatable bonds is 10. The van der Waals surface area contributed by atoms with Gasteiger partial charge in [-0.15, -0.1) is 0 Å². The van der Waals surface area contributed by atoms with E-state index in [2.05, 4.69) is 47.1 Å². The van der Waals surface area contributed by atoms with Gasteiger partial charge in [-0.05, 0) is 51.2 Å². The molecular formula is C18H25Br2ClN6O6. The lowest BCUT2D eigenvalue weighted by Crippen LogP contribution is -2.08. The van der Waals surface area contributed by atoms with Crippen molar-refractivity contribution in [2.24, 2.45) is 5.73 Å². The molecule has 3 N–H and O–H groups in total. The average molecular weight is 617 g/mol. The summed E-state index contributed by atoms with van der Waals surface area (Å²) < 4.78 is 10.7. The van der Waals surface area contributed by atoms with Crippen molar-refractivity contribution in [3.8, 4) is 0 Å². The van der Waals surface area contributed by atoms with Crippen molar-refractivity contribution in [1.29, 1.82) is 0 Å². The molecule has 12 nitrogen and oxygen atoms in total. The first kappa shape index (κ1) is 31.0. The Morgan fingerprint density at radius 1 is 1.00 bits per heavy atom. The van der Waals surface area contributed by atoms with Crippen LogP contribution >= 0.6 is 43.5 Å². The Morgan fingerprint density at radius 2 is 1.52 bits per heavy atom. The van der Waals surface area contributed by atoms with Crippen LogP contribution in [0, 0.1) is 20.2 Å². The lowest BCUT2D eigenvalue weighted by molar-refractivity contribution is -0.385. The van der Waals surface area contributed by atoms with Crippen molar-refractivity contribution in [3.05, 3.63) is 58.9 Å². The van der Waals surface area contributed by atoms with Gasteiger partial charge in [0, 0.05) is 67.4 Å². The molecule has 15 heteroatoms. The van der Waals surface area contributed by atoms with Crippen LogP contribution in [0.1, 0.15) is 12.8 Å². The number of halogens is 3. The number of ether oxygens (including phenoxy) is 2. The predicted octanol–water partition coefficient (Wildman–Crippen LogP) is 4.59. The quantitative estimate of drug-likeness (QED) is 0.167. The number of methoxy groups -OCH3 is 2. The molecule has 0 amide bonds. The minimum Gasteiger partial charge on any atom is -0.385 e. The molecule has 0 aliphatic rings. The van der Waals surface area contributed by atoms with Gasteiger partial charge in [-0.2, -0.15) is 0 Å². The van der Waals surface area contributed by atoms with Gasteiger partial charge < -0.3 is 20.5 Å². The zero-order valence-corrected chi connectivity index (χ0v) is 21.9. The van der Waals surface area contributed by atoms with Crippen molar-refractivity contribution >= 4 is 60.7 Å². The first-order valence-corrected chi connectivity index (χ1v) is 11.3. The Balaban J connectivity index is 0.000000520. The van der Waals surface area contributed by atoms with Gasteiger partial charge in [0.15, 0.2) is 0 Å². The van der Waals surface area contributed by atoms with E-state index in [0.717, 1.165) is 26.0 Å². The first-order valence-electron chi connectivity index (χ1n) is 9.35. The summed E-state index contributed by atoms with van der Waals surface area (Å²) in [4.78, 5) is 27.5. The molecule has 0 aromatic carbocycles. The van der Waals surface area contributed by atoms with Crippen LogP contribution in [0.2, 0.25) is 5.15 Å². The van der Waals surface area contributed by atoms with Gasteiger partial charge in [0.25, 0.3) is 0 Å². The van der Waals surface area contributed by atoms with Crippen LogP contribution in [0.15, 0.2) is 33.5 Å². The number of pyridine rings is 2. The number of nitrogens with two attached hydrogens (primary N) is 1. The number of nitro groups is 2. The van der Waals surface area contributed by atoms with Gasteiger partial charge in [0.05, 0.1) is 9.85 Å². The van der Waals surface area contributed by atoms with Crippen LogP contribution in [-0.4, -0.2) is 60.3 Å². The van der Waals surface area contributed by atoms with Crippen molar-refractivity contribution in [3.63, 3.8) is 0 Å². The minimum atomic E-state index is -0.583. The lowest BCUT2D eigenvalue weighted by atomic mass is 10.3. The standard InChI is InChI=1S/C9H12BrN3O3.C5H2BrClN2O2.C4H11NO/c1-16-4-2-3-11-9-8(13(14)15)5-7(10)6-12-9;6-3-1-4(9(10)11)5(7)8-2-3;1-6-4-2-3-5/h5-6H,2-4H2,1H3,(H,11,12);1-2H;2-5H2,1H3. The van der Waals surface area contributed by atoms with Gasteiger partial charge in [-0.1, -0.05) is 11.6 Å². The van der Waals surface area contributed by atoms with E-state index < -0.39 is 9.85 Å². The second-order valence-corrected chi connectivity index (χ2v) is 8.10. The molecule has 0 aliphatic heterocycles. The summed E-state index contributed by atoms with van der Waals surface area (Å²) >= 11 is 11.6. The highest BCUT2D eigenvalue weighted by molar-refractivity contribution is 9.10. The van der Waals surface area contributed by atoms with Crippen LogP contribution in [0.25, 0.3) is 0 Å². The Labute approximate surface area is 212 Å². The molecule has 0 bridgehead atoms. The van der Waals surface area contributed by atoms with Gasteiger partial charge >= 0.3 is 11.4 Å². The van der Waals surface area contributed by atoms with Crippen LogP contribution in [-0.2, 0) is 9.47 Å². The molecule has 0 spiro atoms. The molecule has 2 heterocycles. The molecule has 0 radical (unpaired) electrons. The van der Waals surface area contributed by atoms with E-state index >= 15 is 0 Å². The third-order valence-electron chi connectivity index (χ3n) is 3.39. The number of hydrogen-bond acceptors (Lipinski definition) is 10. The SMILES string of the molecule is COCCCN.COCCCNc1ncc(Br)cc1[N+](=O)[O-].O=[N+]([O-])c1cc(Br)cnc1Cl. The number of nitrogens with one attached hydrogen (secondary N) is 1. The topological polar surface area (TPSA) is 169 Å². The van der Waals surface area contributed by atoms with Gasteiger partial charge in [-0.3, -0.25) is 20.2 Å². The van der Waals surface area contributed by atoms with Gasteiger partial charge in [0.2, 0.25) is 11.0 Å². The summed E-state index contributed by atoms with van der Waals surface area (Å²) in [5, 5.41) is 23.8. The summed E-state index contributed by atoms with van der Waals surface area (Å²) in [5.41, 5.74) is 4.91. The number of anilines is 1. The normalized spacial score (nSPS) is 9.76. The maximum atomic E-state index is 10.7. The van der Waals surface area contributed by atoms with Crippen LogP contribution < -0.4 is 11.1 Å². The van der Waals surface area contributed by atoms with E-state index in [1.807, 2.05) is 0 Å². The van der Waals surface area contributed by atoms with Crippen molar-refractivity contribution in [1.82, 2.24) is 9.97 Å². The average Bonchev–Trinajstić information content (AvgIpc) is 2.78. The number of aromatic nitrogens is 2. The van der Waals surface area contributed by atoms with Crippen molar-refractivity contribution in [2.45, 2.75) is 12.8 Å². The Bertz CT molecular complexity index is 876. The Hall–Kier alpha value is -1.97. The number of nitrogens with zero attached hydrogens (tertiary/aromatic N) is 4. The fourth-order valence-corrected chi connectivity index (χ4v) is 2.71. The van der Waals surface area contributed by atoms with Gasteiger partial charge in [-0.25, -0.2) is 9.97 Å². The molecule has 2 aromatic rings. The van der Waals surface area contributed by atoms with Crippen molar-refractivity contribution < 1.29 is 19.3 Å². The second-order valence-electron chi connectivity index (χ2n) is 5.91. The molecule has 2 aromatic heterocycles. The summed E-state index contributed by atoms with van der Waals surface area (Å²) in [6, 6.07) is 2.72. The highest BCUT2D eigenvalue weighted by atomic mass is 79.9. The molecule has 184 valence electrons. The maximum absolute atomic E-state index is 10.7. The minimum absolute atomic E-state index is 0.0354. The smallest absolute Gasteiger partial charge is 0.312 e. The number of hydrogen-bond donors (Lipinski definition) is 2. The molecule has 0 unspecified atom stereocenters. The summed E-state index contributed by atoms with van der Waals surface area (Å²) in [7, 11) is 3.29. The summed E-state index contributed by atoms with van der Waals surface area (Å²) in [6.45, 7) is 2.71. The fraction of sp³-hybridized carbons (Fsp3) is 0.444. The van der Waals surface area contributed by atoms with E-state index in [1.165, 1.54) is 24.5 Å². The van der Waals surface area contributed by atoms with E-state index in [9.17, 15) is 20.2 Å². The molecule has 0 saturated carbocycles.